The van der Waals surface area contributed by atoms with Gasteiger partial charge in [-0.25, -0.2) is 0 Å². The van der Waals surface area contributed by atoms with E-state index in [1.165, 1.54) is 22.3 Å². The van der Waals surface area contributed by atoms with Crippen molar-refractivity contribution in [2.75, 3.05) is 0 Å². The van der Waals surface area contributed by atoms with Crippen LogP contribution in [0.4, 0.5) is 0 Å². The molecule has 0 aliphatic heterocycles. The standard InChI is InChI=1S/C21H21NO.ClH/c1-16-19(14-22)10-6-12-21(16)18-9-5-11-20(13-18)23-15-17-7-3-2-4-8-17;/h2-13H,14-15,22H2,1H3;1H. The number of hydrogen-bond donors (Lipinski definition) is 1. The zero-order valence-corrected chi connectivity index (χ0v) is 14.6. The van der Waals surface area contributed by atoms with Crippen LogP contribution in [0.1, 0.15) is 16.7 Å². The molecule has 0 fully saturated rings. The first-order valence-electron chi connectivity index (χ1n) is 7.83. The van der Waals surface area contributed by atoms with E-state index in [2.05, 4.69) is 49.4 Å². The van der Waals surface area contributed by atoms with Crippen molar-refractivity contribution < 1.29 is 4.74 Å². The molecule has 0 aromatic heterocycles. The van der Waals surface area contributed by atoms with Crippen LogP contribution in [0.5, 0.6) is 5.75 Å². The van der Waals surface area contributed by atoms with Crippen LogP contribution < -0.4 is 10.5 Å². The maximum absolute atomic E-state index is 5.93. The average Bonchev–Trinajstić information content (AvgIpc) is 2.61. The first-order valence-corrected chi connectivity index (χ1v) is 7.83. The van der Waals surface area contributed by atoms with Crippen LogP contribution in [0.15, 0.2) is 72.8 Å². The summed E-state index contributed by atoms with van der Waals surface area (Å²) in [6.07, 6.45) is 0. The van der Waals surface area contributed by atoms with Gasteiger partial charge < -0.3 is 10.5 Å². The third kappa shape index (κ3) is 4.16. The molecule has 0 radical (unpaired) electrons. The maximum Gasteiger partial charge on any atom is 0.120 e. The molecule has 0 spiro atoms. The number of benzene rings is 3. The number of halogens is 1. The third-order valence-electron chi connectivity index (χ3n) is 4.06. The molecule has 24 heavy (non-hydrogen) atoms. The Morgan fingerprint density at radius 3 is 2.38 bits per heavy atom. The molecule has 0 aliphatic rings. The Hall–Kier alpha value is -2.29. The molecular formula is C21H22ClNO. The average molecular weight is 340 g/mol. The number of ether oxygens (including phenoxy) is 1. The van der Waals surface area contributed by atoms with Crippen LogP contribution in [0.3, 0.4) is 0 Å². The quantitative estimate of drug-likeness (QED) is 0.700. The summed E-state index contributed by atoms with van der Waals surface area (Å²) >= 11 is 0. The Kier molecular flexibility index (Phi) is 6.42. The van der Waals surface area contributed by atoms with E-state index >= 15 is 0 Å². The van der Waals surface area contributed by atoms with Crippen LogP contribution in [0.25, 0.3) is 11.1 Å². The van der Waals surface area contributed by atoms with Gasteiger partial charge in [0.05, 0.1) is 0 Å². The lowest BCUT2D eigenvalue weighted by atomic mass is 9.96. The van der Waals surface area contributed by atoms with E-state index in [1.54, 1.807) is 0 Å². The lowest BCUT2D eigenvalue weighted by molar-refractivity contribution is 0.306. The minimum Gasteiger partial charge on any atom is -0.489 e. The molecule has 0 amide bonds. The Bertz CT molecular complexity index is 787. The molecule has 0 saturated carbocycles. The van der Waals surface area contributed by atoms with Crippen LogP contribution in [-0.2, 0) is 13.2 Å². The lowest BCUT2D eigenvalue weighted by Crippen LogP contribution is -2.00. The van der Waals surface area contributed by atoms with Gasteiger partial charge in [0, 0.05) is 6.54 Å². The van der Waals surface area contributed by atoms with Crippen molar-refractivity contribution in [3.05, 3.63) is 89.5 Å². The highest BCUT2D eigenvalue weighted by atomic mass is 35.5. The summed E-state index contributed by atoms with van der Waals surface area (Å²) in [7, 11) is 0. The van der Waals surface area contributed by atoms with Gasteiger partial charge in [-0.1, -0.05) is 60.7 Å². The fourth-order valence-corrected chi connectivity index (χ4v) is 2.71. The summed E-state index contributed by atoms with van der Waals surface area (Å²) in [5, 5.41) is 0. The van der Waals surface area contributed by atoms with E-state index in [-0.39, 0.29) is 12.4 Å². The summed E-state index contributed by atoms with van der Waals surface area (Å²) in [5.74, 6) is 0.879. The van der Waals surface area contributed by atoms with Crippen LogP contribution in [-0.4, -0.2) is 0 Å². The molecule has 0 saturated heterocycles. The summed E-state index contributed by atoms with van der Waals surface area (Å²) in [6, 6.07) is 24.7. The van der Waals surface area contributed by atoms with Gasteiger partial charge in [0.2, 0.25) is 0 Å². The summed E-state index contributed by atoms with van der Waals surface area (Å²) in [6.45, 7) is 3.25. The van der Waals surface area contributed by atoms with Gasteiger partial charge in [-0.05, 0) is 46.9 Å². The molecule has 2 N–H and O–H groups in total. The molecular weight excluding hydrogens is 318 g/mol. The van der Waals surface area contributed by atoms with E-state index in [9.17, 15) is 0 Å². The number of nitrogens with two attached hydrogens (primary N) is 1. The third-order valence-corrected chi connectivity index (χ3v) is 4.06. The Morgan fingerprint density at radius 1 is 0.875 bits per heavy atom. The van der Waals surface area contributed by atoms with Crippen molar-refractivity contribution in [1.29, 1.82) is 0 Å². The highest BCUT2D eigenvalue weighted by molar-refractivity contribution is 5.85. The van der Waals surface area contributed by atoms with Gasteiger partial charge >= 0.3 is 0 Å². The molecule has 3 aromatic rings. The maximum atomic E-state index is 5.93. The minimum atomic E-state index is 0. The van der Waals surface area contributed by atoms with Gasteiger partial charge in [0.25, 0.3) is 0 Å². The molecule has 0 unspecified atom stereocenters. The van der Waals surface area contributed by atoms with Crippen molar-refractivity contribution in [3.63, 3.8) is 0 Å². The highest BCUT2D eigenvalue weighted by Gasteiger charge is 2.06. The topological polar surface area (TPSA) is 35.2 Å². The smallest absolute Gasteiger partial charge is 0.120 e. The van der Waals surface area contributed by atoms with Gasteiger partial charge in [-0.3, -0.25) is 0 Å². The molecule has 124 valence electrons. The fraction of sp³-hybridized carbons (Fsp3) is 0.143. The van der Waals surface area contributed by atoms with Crippen LogP contribution in [0.2, 0.25) is 0 Å². The molecule has 0 bridgehead atoms. The normalized spacial score (nSPS) is 10.1. The number of hydrogen-bond acceptors (Lipinski definition) is 2. The van der Waals surface area contributed by atoms with E-state index in [4.69, 9.17) is 10.5 Å². The molecule has 3 aromatic carbocycles. The van der Waals surface area contributed by atoms with E-state index in [1.807, 2.05) is 30.3 Å². The van der Waals surface area contributed by atoms with Crippen molar-refractivity contribution >= 4 is 12.4 Å². The Balaban J connectivity index is 0.00000208. The molecule has 0 aliphatic carbocycles. The van der Waals surface area contributed by atoms with Crippen molar-refractivity contribution in [3.8, 4) is 16.9 Å². The van der Waals surface area contributed by atoms with E-state index in [0.717, 1.165) is 11.3 Å². The summed E-state index contributed by atoms with van der Waals surface area (Å²) in [5.41, 5.74) is 11.8. The molecule has 3 rings (SSSR count). The van der Waals surface area contributed by atoms with Crippen molar-refractivity contribution in [2.45, 2.75) is 20.1 Å². The van der Waals surface area contributed by atoms with E-state index in [0.29, 0.717) is 13.2 Å². The largest absolute Gasteiger partial charge is 0.489 e. The van der Waals surface area contributed by atoms with Gasteiger partial charge in [-0.2, -0.15) is 0 Å². The predicted octanol–water partition coefficient (Wildman–Crippen LogP) is 5.12. The van der Waals surface area contributed by atoms with Gasteiger partial charge in [0.15, 0.2) is 0 Å². The SMILES string of the molecule is Cc1c(CN)cccc1-c1cccc(OCc2ccccc2)c1.Cl. The lowest BCUT2D eigenvalue weighted by Gasteiger charge is -2.12. The Morgan fingerprint density at radius 2 is 1.62 bits per heavy atom. The predicted molar refractivity (Wildman–Crippen MR) is 103 cm³/mol. The van der Waals surface area contributed by atoms with Gasteiger partial charge in [-0.15, -0.1) is 12.4 Å². The highest BCUT2D eigenvalue weighted by Crippen LogP contribution is 2.28. The van der Waals surface area contributed by atoms with E-state index < -0.39 is 0 Å². The molecule has 2 nitrogen and oxygen atoms in total. The summed E-state index contributed by atoms with van der Waals surface area (Å²) in [4.78, 5) is 0. The second kappa shape index (κ2) is 8.53. The molecule has 0 atom stereocenters. The summed E-state index contributed by atoms with van der Waals surface area (Å²) < 4.78 is 5.93. The Labute approximate surface area is 149 Å². The second-order valence-corrected chi connectivity index (χ2v) is 5.60. The fourth-order valence-electron chi connectivity index (χ4n) is 2.71. The first kappa shape index (κ1) is 18.1. The zero-order chi connectivity index (χ0) is 16.1. The molecule has 3 heteroatoms. The van der Waals surface area contributed by atoms with Crippen LogP contribution >= 0.6 is 12.4 Å². The van der Waals surface area contributed by atoms with Gasteiger partial charge in [0.1, 0.15) is 12.4 Å². The molecule has 0 heterocycles. The zero-order valence-electron chi connectivity index (χ0n) is 13.7. The minimum absolute atomic E-state index is 0. The first-order chi connectivity index (χ1) is 11.3. The van der Waals surface area contributed by atoms with Crippen LogP contribution in [0, 0.1) is 6.92 Å². The van der Waals surface area contributed by atoms with Crippen molar-refractivity contribution in [2.24, 2.45) is 5.73 Å². The second-order valence-electron chi connectivity index (χ2n) is 5.60. The van der Waals surface area contributed by atoms with Crippen molar-refractivity contribution in [1.82, 2.24) is 0 Å². The number of rotatable bonds is 5. The monoisotopic (exact) mass is 339 g/mol.